The van der Waals surface area contributed by atoms with Crippen molar-refractivity contribution in [3.05, 3.63) is 20.0 Å². The molecule has 0 fully saturated rings. The summed E-state index contributed by atoms with van der Waals surface area (Å²) in [5.41, 5.74) is 1.27. The molecule has 0 aromatic carbocycles. The van der Waals surface area contributed by atoms with Crippen molar-refractivity contribution in [1.29, 1.82) is 0 Å². The van der Waals surface area contributed by atoms with Crippen LogP contribution in [0.2, 0.25) is 0 Å². The van der Waals surface area contributed by atoms with Crippen molar-refractivity contribution in [3.8, 4) is 0 Å². The van der Waals surface area contributed by atoms with Gasteiger partial charge in [0, 0.05) is 0 Å². The monoisotopic (exact) mass is 229 g/mol. The van der Waals surface area contributed by atoms with Crippen molar-refractivity contribution >= 4 is 26.3 Å². The fourth-order valence-electron chi connectivity index (χ4n) is 1.46. The maximum atomic E-state index is 11.2. The van der Waals surface area contributed by atoms with Gasteiger partial charge in [-0.05, 0) is 0 Å². The number of carbonyl (C=O) groups is 2. The van der Waals surface area contributed by atoms with Crippen LogP contribution >= 0.6 is 0 Å². The standard InChI is InChI=1S/C8H7NO2Se/c1-3-5-6(4(2)12-3)8(11)9-7(5)10/h1-2H3,(H,9,10,11). The number of rotatable bonds is 0. The molecule has 2 rings (SSSR count). The fourth-order valence-corrected chi connectivity index (χ4v) is 3.67. The van der Waals surface area contributed by atoms with Crippen molar-refractivity contribution in [2.75, 3.05) is 0 Å². The normalized spacial score (nSPS) is 14.8. The van der Waals surface area contributed by atoms with Gasteiger partial charge in [0.05, 0.1) is 0 Å². The van der Waals surface area contributed by atoms with Crippen LogP contribution in [0, 0.1) is 13.8 Å². The molecule has 1 aromatic heterocycles. The van der Waals surface area contributed by atoms with E-state index in [1.807, 2.05) is 13.8 Å². The van der Waals surface area contributed by atoms with E-state index in [1.165, 1.54) is 0 Å². The second-order valence-corrected chi connectivity index (χ2v) is 5.75. The topological polar surface area (TPSA) is 46.2 Å². The number of amides is 2. The van der Waals surface area contributed by atoms with Gasteiger partial charge >= 0.3 is 75.1 Å². The zero-order chi connectivity index (χ0) is 8.88. The molecule has 0 saturated heterocycles. The molecule has 0 aliphatic carbocycles. The molecule has 1 aliphatic rings. The summed E-state index contributed by atoms with van der Waals surface area (Å²) in [7, 11) is 0. The van der Waals surface area contributed by atoms with Crippen LogP contribution in [0.1, 0.15) is 29.6 Å². The third-order valence-corrected chi connectivity index (χ3v) is 4.08. The van der Waals surface area contributed by atoms with Crippen LogP contribution in [0.25, 0.3) is 0 Å². The molecule has 0 saturated carbocycles. The molecular formula is C8H7NO2Se. The van der Waals surface area contributed by atoms with E-state index in [2.05, 4.69) is 5.32 Å². The van der Waals surface area contributed by atoms with Gasteiger partial charge in [-0.2, -0.15) is 0 Å². The number of hydrogen-bond acceptors (Lipinski definition) is 2. The van der Waals surface area contributed by atoms with Crippen LogP contribution in [0.4, 0.5) is 0 Å². The Morgan fingerprint density at radius 1 is 1.00 bits per heavy atom. The van der Waals surface area contributed by atoms with Gasteiger partial charge in [0.2, 0.25) is 0 Å². The molecule has 0 spiro atoms. The second-order valence-electron chi connectivity index (χ2n) is 2.75. The van der Waals surface area contributed by atoms with Crippen LogP contribution < -0.4 is 5.32 Å². The first-order valence-electron chi connectivity index (χ1n) is 3.57. The molecule has 62 valence electrons. The number of carbonyl (C=O) groups excluding carboxylic acids is 2. The van der Waals surface area contributed by atoms with Crippen molar-refractivity contribution in [2.24, 2.45) is 0 Å². The Bertz CT molecular complexity index is 358. The number of aryl methyl sites for hydroxylation is 2. The number of hydrogen-bond donors (Lipinski definition) is 1. The number of imide groups is 1. The average molecular weight is 228 g/mol. The predicted molar refractivity (Wildman–Crippen MR) is 44.7 cm³/mol. The SMILES string of the molecule is Cc1[se]c(C)c2c1C(=O)NC2=O. The molecule has 2 heterocycles. The van der Waals surface area contributed by atoms with E-state index >= 15 is 0 Å². The van der Waals surface area contributed by atoms with E-state index < -0.39 is 0 Å². The van der Waals surface area contributed by atoms with Gasteiger partial charge in [0.15, 0.2) is 0 Å². The van der Waals surface area contributed by atoms with Gasteiger partial charge in [-0.25, -0.2) is 0 Å². The zero-order valence-electron chi connectivity index (χ0n) is 6.72. The number of fused-ring (bicyclic) bond motifs is 1. The van der Waals surface area contributed by atoms with Crippen molar-refractivity contribution < 1.29 is 9.59 Å². The first-order valence-corrected chi connectivity index (χ1v) is 5.28. The van der Waals surface area contributed by atoms with Crippen LogP contribution in [0.3, 0.4) is 0 Å². The molecule has 1 N–H and O–H groups in total. The van der Waals surface area contributed by atoms with Gasteiger partial charge in [-0.15, -0.1) is 0 Å². The summed E-state index contributed by atoms with van der Waals surface area (Å²) >= 11 is 0.220. The van der Waals surface area contributed by atoms with Gasteiger partial charge in [-0.3, -0.25) is 0 Å². The Morgan fingerprint density at radius 2 is 1.42 bits per heavy atom. The Hall–Kier alpha value is -0.861. The van der Waals surface area contributed by atoms with Gasteiger partial charge in [0.25, 0.3) is 0 Å². The molecule has 0 radical (unpaired) electrons. The third-order valence-electron chi connectivity index (χ3n) is 1.94. The average Bonchev–Trinajstić information content (AvgIpc) is 2.38. The Balaban J connectivity index is 2.78. The summed E-state index contributed by atoms with van der Waals surface area (Å²) in [6, 6.07) is 0. The minimum absolute atomic E-state index is 0.216. The zero-order valence-corrected chi connectivity index (χ0v) is 8.44. The first kappa shape index (κ1) is 7.77. The maximum absolute atomic E-state index is 11.2. The quantitative estimate of drug-likeness (QED) is 0.511. The van der Waals surface area contributed by atoms with E-state index in [0.717, 1.165) is 8.87 Å². The molecule has 2 amide bonds. The molecule has 1 aromatic rings. The molecule has 12 heavy (non-hydrogen) atoms. The summed E-state index contributed by atoms with van der Waals surface area (Å²) in [4.78, 5) is 22.4. The van der Waals surface area contributed by atoms with Crippen LogP contribution in [0.5, 0.6) is 0 Å². The van der Waals surface area contributed by atoms with E-state index in [1.54, 1.807) is 0 Å². The summed E-state index contributed by atoms with van der Waals surface area (Å²) in [6.45, 7) is 3.84. The van der Waals surface area contributed by atoms with Crippen LogP contribution in [0.15, 0.2) is 0 Å². The summed E-state index contributed by atoms with van der Waals surface area (Å²) in [6.07, 6.45) is 0. The van der Waals surface area contributed by atoms with Gasteiger partial charge in [0.1, 0.15) is 0 Å². The van der Waals surface area contributed by atoms with E-state index in [9.17, 15) is 9.59 Å². The van der Waals surface area contributed by atoms with E-state index in [-0.39, 0.29) is 26.3 Å². The Morgan fingerprint density at radius 3 is 1.83 bits per heavy atom. The van der Waals surface area contributed by atoms with Crippen molar-refractivity contribution in [2.45, 2.75) is 13.8 Å². The van der Waals surface area contributed by atoms with Crippen LogP contribution in [-0.2, 0) is 0 Å². The Kier molecular flexibility index (Phi) is 1.50. The Labute approximate surface area is 75.5 Å². The molecule has 1 aliphatic heterocycles. The fraction of sp³-hybridized carbons (Fsp3) is 0.250. The summed E-state index contributed by atoms with van der Waals surface area (Å²) in [5.74, 6) is -0.433. The molecule has 0 unspecified atom stereocenters. The van der Waals surface area contributed by atoms with Gasteiger partial charge < -0.3 is 0 Å². The number of nitrogens with one attached hydrogen (secondary N) is 1. The first-order chi connectivity index (χ1) is 5.61. The molecular weight excluding hydrogens is 221 g/mol. The predicted octanol–water partition coefficient (Wildman–Crippen LogP) is 0.244. The minimum atomic E-state index is -0.216. The molecule has 4 heteroatoms. The van der Waals surface area contributed by atoms with E-state index in [0.29, 0.717) is 11.1 Å². The second kappa shape index (κ2) is 2.31. The third kappa shape index (κ3) is 0.822. The van der Waals surface area contributed by atoms with Gasteiger partial charge in [-0.1, -0.05) is 0 Å². The van der Waals surface area contributed by atoms with Crippen molar-refractivity contribution in [1.82, 2.24) is 5.32 Å². The molecule has 0 bridgehead atoms. The molecule has 0 atom stereocenters. The summed E-state index contributed by atoms with van der Waals surface area (Å²) in [5, 5.41) is 2.30. The van der Waals surface area contributed by atoms with Crippen LogP contribution in [-0.4, -0.2) is 26.3 Å². The van der Waals surface area contributed by atoms with Crippen molar-refractivity contribution in [3.63, 3.8) is 0 Å². The summed E-state index contributed by atoms with van der Waals surface area (Å²) < 4.78 is 2.14. The molecule has 3 nitrogen and oxygen atoms in total. The van der Waals surface area contributed by atoms with E-state index in [4.69, 9.17) is 0 Å².